The molecule has 0 bridgehead atoms. The third-order valence-corrected chi connectivity index (χ3v) is 3.11. The Hall–Kier alpha value is -2.81. The largest absolute Gasteiger partial charge is 0.497 e. The molecule has 0 aliphatic rings. The molecule has 0 spiro atoms. The van der Waals surface area contributed by atoms with Crippen molar-refractivity contribution < 1.29 is 14.3 Å². The summed E-state index contributed by atoms with van der Waals surface area (Å²) < 4.78 is 10.2. The maximum atomic E-state index is 11.8. The topological polar surface area (TPSA) is 35.5 Å². The fourth-order valence-corrected chi connectivity index (χ4v) is 1.84. The summed E-state index contributed by atoms with van der Waals surface area (Å²) in [5.41, 5.74) is 1.90. The van der Waals surface area contributed by atoms with Crippen LogP contribution in [0, 0.1) is 0 Å². The summed E-state index contributed by atoms with van der Waals surface area (Å²) in [5.74, 6) is 1.53. The molecule has 0 radical (unpaired) electrons. The van der Waals surface area contributed by atoms with E-state index in [-0.39, 0.29) is 5.78 Å². The first kappa shape index (κ1) is 15.6. The highest BCUT2D eigenvalue weighted by atomic mass is 16.5. The highest BCUT2D eigenvalue weighted by molar-refractivity contribution is 6.04. The third-order valence-electron chi connectivity index (χ3n) is 3.11. The number of rotatable bonds is 6. The molecule has 3 nitrogen and oxygen atoms in total. The molecule has 0 saturated heterocycles. The molecule has 2 aromatic rings. The second kappa shape index (κ2) is 7.84. The molecule has 0 atom stereocenters. The lowest BCUT2D eigenvalue weighted by atomic mass is 10.1. The number of methoxy groups -OCH3 is 2. The minimum absolute atomic E-state index is 0.0633. The van der Waals surface area contributed by atoms with E-state index < -0.39 is 0 Å². The van der Waals surface area contributed by atoms with Gasteiger partial charge in [-0.3, -0.25) is 4.79 Å². The van der Waals surface area contributed by atoms with Crippen LogP contribution in [-0.4, -0.2) is 20.0 Å². The Morgan fingerprint density at radius 2 is 1.09 bits per heavy atom. The van der Waals surface area contributed by atoms with Gasteiger partial charge in [-0.2, -0.15) is 0 Å². The Bertz CT molecular complexity index is 605. The van der Waals surface area contributed by atoms with Crippen LogP contribution in [0.3, 0.4) is 0 Å². The Morgan fingerprint density at radius 1 is 0.727 bits per heavy atom. The van der Waals surface area contributed by atoms with Crippen molar-refractivity contribution in [3.63, 3.8) is 0 Å². The standard InChI is InChI=1S/C19H18O3/c1-21-18-11-5-15(6-12-18)3-9-17(20)10-4-16-7-13-19(22-2)14-8-16/h3-14H,1-2H3/b9-3-,10-4+. The molecule has 0 aliphatic heterocycles. The zero-order valence-corrected chi connectivity index (χ0v) is 12.7. The van der Waals surface area contributed by atoms with Crippen LogP contribution in [0.25, 0.3) is 12.2 Å². The summed E-state index contributed by atoms with van der Waals surface area (Å²) in [4.78, 5) is 11.8. The molecular weight excluding hydrogens is 276 g/mol. The zero-order valence-electron chi connectivity index (χ0n) is 12.7. The van der Waals surface area contributed by atoms with Crippen molar-refractivity contribution in [3.05, 3.63) is 71.8 Å². The Morgan fingerprint density at radius 3 is 1.41 bits per heavy atom. The lowest BCUT2D eigenvalue weighted by molar-refractivity contribution is -0.110. The Labute approximate surface area is 130 Å². The number of allylic oxidation sites excluding steroid dienone is 2. The summed E-state index contributed by atoms with van der Waals surface area (Å²) >= 11 is 0. The van der Waals surface area contributed by atoms with Crippen LogP contribution in [0.4, 0.5) is 0 Å². The number of ketones is 1. The van der Waals surface area contributed by atoms with Crippen LogP contribution in [0.2, 0.25) is 0 Å². The lowest BCUT2D eigenvalue weighted by Gasteiger charge is -1.99. The number of ether oxygens (including phenoxy) is 2. The second-order valence-electron chi connectivity index (χ2n) is 4.62. The van der Waals surface area contributed by atoms with Gasteiger partial charge in [-0.05, 0) is 47.5 Å². The van der Waals surface area contributed by atoms with Crippen molar-refractivity contribution in [2.75, 3.05) is 14.2 Å². The van der Waals surface area contributed by atoms with E-state index in [9.17, 15) is 4.79 Å². The Kier molecular flexibility index (Phi) is 5.55. The third kappa shape index (κ3) is 4.63. The van der Waals surface area contributed by atoms with Crippen LogP contribution in [-0.2, 0) is 4.79 Å². The van der Waals surface area contributed by atoms with Gasteiger partial charge in [0.05, 0.1) is 14.2 Å². The quantitative estimate of drug-likeness (QED) is 0.755. The monoisotopic (exact) mass is 294 g/mol. The van der Waals surface area contributed by atoms with Gasteiger partial charge in [0.1, 0.15) is 11.5 Å². The van der Waals surface area contributed by atoms with Gasteiger partial charge in [-0.15, -0.1) is 0 Å². The maximum Gasteiger partial charge on any atom is 0.178 e. The van der Waals surface area contributed by atoms with E-state index >= 15 is 0 Å². The molecule has 0 saturated carbocycles. The summed E-state index contributed by atoms with van der Waals surface area (Å²) in [6.45, 7) is 0. The number of hydrogen-bond donors (Lipinski definition) is 0. The second-order valence-corrected chi connectivity index (χ2v) is 4.62. The Balaban J connectivity index is 1.95. The molecule has 3 heteroatoms. The molecule has 0 N–H and O–H groups in total. The van der Waals surface area contributed by atoms with Gasteiger partial charge in [-0.1, -0.05) is 36.4 Å². The predicted molar refractivity (Wildman–Crippen MR) is 89.1 cm³/mol. The van der Waals surface area contributed by atoms with E-state index in [2.05, 4.69) is 0 Å². The highest BCUT2D eigenvalue weighted by Crippen LogP contribution is 2.13. The minimum Gasteiger partial charge on any atom is -0.497 e. The SMILES string of the molecule is COc1ccc(/C=C\C(=O)/C=C/c2ccc(OC)cc2)cc1. The minimum atomic E-state index is -0.0633. The van der Waals surface area contributed by atoms with Gasteiger partial charge in [-0.25, -0.2) is 0 Å². The van der Waals surface area contributed by atoms with Crippen LogP contribution in [0.1, 0.15) is 11.1 Å². The molecule has 22 heavy (non-hydrogen) atoms. The average molecular weight is 294 g/mol. The van der Waals surface area contributed by atoms with E-state index in [1.54, 1.807) is 38.5 Å². The molecule has 0 aliphatic carbocycles. The van der Waals surface area contributed by atoms with Gasteiger partial charge in [0.25, 0.3) is 0 Å². The van der Waals surface area contributed by atoms with E-state index in [0.29, 0.717) is 0 Å². The molecule has 112 valence electrons. The highest BCUT2D eigenvalue weighted by Gasteiger charge is 1.94. The van der Waals surface area contributed by atoms with Crippen molar-refractivity contribution in [2.24, 2.45) is 0 Å². The molecule has 0 unspecified atom stereocenters. The molecule has 2 aromatic carbocycles. The lowest BCUT2D eigenvalue weighted by Crippen LogP contribution is -1.86. The fourth-order valence-electron chi connectivity index (χ4n) is 1.84. The molecule has 0 fully saturated rings. The maximum absolute atomic E-state index is 11.8. The van der Waals surface area contributed by atoms with Crippen LogP contribution < -0.4 is 9.47 Å². The van der Waals surface area contributed by atoms with Gasteiger partial charge in [0.2, 0.25) is 0 Å². The summed E-state index contributed by atoms with van der Waals surface area (Å²) in [5, 5.41) is 0. The van der Waals surface area contributed by atoms with Crippen LogP contribution in [0.15, 0.2) is 60.7 Å². The van der Waals surface area contributed by atoms with E-state index in [1.165, 1.54) is 0 Å². The van der Waals surface area contributed by atoms with Crippen LogP contribution >= 0.6 is 0 Å². The van der Waals surface area contributed by atoms with Gasteiger partial charge >= 0.3 is 0 Å². The summed E-state index contributed by atoms with van der Waals surface area (Å²) in [6.07, 6.45) is 6.64. The average Bonchev–Trinajstić information content (AvgIpc) is 2.59. The molecule has 0 heterocycles. The first-order valence-corrected chi connectivity index (χ1v) is 6.89. The molecule has 0 aromatic heterocycles. The number of hydrogen-bond acceptors (Lipinski definition) is 3. The summed E-state index contributed by atoms with van der Waals surface area (Å²) in [6, 6.07) is 15.0. The van der Waals surface area contributed by atoms with E-state index in [4.69, 9.17) is 9.47 Å². The van der Waals surface area contributed by atoms with Crippen molar-refractivity contribution in [3.8, 4) is 11.5 Å². The zero-order chi connectivity index (χ0) is 15.8. The summed E-state index contributed by atoms with van der Waals surface area (Å²) in [7, 11) is 3.25. The number of carbonyl (C=O) groups excluding carboxylic acids is 1. The first-order valence-electron chi connectivity index (χ1n) is 6.89. The van der Waals surface area contributed by atoms with Gasteiger partial charge in [0, 0.05) is 0 Å². The molecule has 0 amide bonds. The molecular formula is C19H18O3. The number of benzene rings is 2. The van der Waals surface area contributed by atoms with Crippen molar-refractivity contribution in [1.29, 1.82) is 0 Å². The number of carbonyl (C=O) groups is 1. The van der Waals surface area contributed by atoms with Crippen molar-refractivity contribution in [1.82, 2.24) is 0 Å². The van der Waals surface area contributed by atoms with Gasteiger partial charge in [0.15, 0.2) is 5.78 Å². The predicted octanol–water partition coefficient (Wildman–Crippen LogP) is 4.00. The molecule has 2 rings (SSSR count). The van der Waals surface area contributed by atoms with E-state index in [0.717, 1.165) is 22.6 Å². The fraction of sp³-hybridized carbons (Fsp3) is 0.105. The van der Waals surface area contributed by atoms with Crippen molar-refractivity contribution >= 4 is 17.9 Å². The van der Waals surface area contributed by atoms with Crippen molar-refractivity contribution in [2.45, 2.75) is 0 Å². The first-order chi connectivity index (χ1) is 10.7. The van der Waals surface area contributed by atoms with Gasteiger partial charge < -0.3 is 9.47 Å². The van der Waals surface area contributed by atoms with E-state index in [1.807, 2.05) is 48.5 Å². The smallest absolute Gasteiger partial charge is 0.178 e. The normalized spacial score (nSPS) is 11.0. The van der Waals surface area contributed by atoms with Crippen LogP contribution in [0.5, 0.6) is 11.5 Å².